The average Bonchev–Trinajstić information content (AvgIpc) is 3.05. The van der Waals surface area contributed by atoms with Gasteiger partial charge in [0.1, 0.15) is 6.04 Å². The number of carbonyl (C=O) groups is 5. The lowest BCUT2D eigenvalue weighted by atomic mass is 10.1. The fraction of sp³-hybridized carbons (Fsp3) is 0.667. The van der Waals surface area contributed by atoms with E-state index in [0.29, 0.717) is 12.8 Å². The number of hydrogen-bond donors (Lipinski definition) is 6. The molecule has 1 aliphatic rings. The summed E-state index contributed by atoms with van der Waals surface area (Å²) in [4.78, 5) is 59.0. The van der Waals surface area contributed by atoms with Crippen LogP contribution in [0.15, 0.2) is 0 Å². The SMILES string of the molecule is CC(O)C(NC(=O)C1CCCN1C(=O)CNC(=O)C(N)CC(=O)O)C(=O)O. The maximum atomic E-state index is 12.3. The molecule has 0 aromatic rings. The molecule has 0 bridgehead atoms. The van der Waals surface area contributed by atoms with Crippen molar-refractivity contribution in [2.45, 2.75) is 50.4 Å². The molecule has 1 aliphatic heterocycles. The lowest BCUT2D eigenvalue weighted by Gasteiger charge is -2.26. The number of carbonyl (C=O) groups excluding carboxylic acids is 3. The lowest BCUT2D eigenvalue weighted by molar-refractivity contribution is -0.146. The van der Waals surface area contributed by atoms with Gasteiger partial charge in [0.05, 0.1) is 25.1 Å². The number of nitrogens with zero attached hydrogens (tertiary/aromatic N) is 1. The van der Waals surface area contributed by atoms with Crippen molar-refractivity contribution < 1.29 is 39.3 Å². The smallest absolute Gasteiger partial charge is 0.328 e. The van der Waals surface area contributed by atoms with Gasteiger partial charge in [-0.2, -0.15) is 0 Å². The number of rotatable bonds is 9. The minimum atomic E-state index is -1.51. The van der Waals surface area contributed by atoms with Crippen LogP contribution in [0.1, 0.15) is 26.2 Å². The van der Waals surface area contributed by atoms with Crippen LogP contribution in [0.5, 0.6) is 0 Å². The summed E-state index contributed by atoms with van der Waals surface area (Å²) in [6.07, 6.45) is -1.11. The van der Waals surface area contributed by atoms with Crippen LogP contribution in [0.25, 0.3) is 0 Å². The first-order valence-electron chi connectivity index (χ1n) is 8.30. The first kappa shape index (κ1) is 22.3. The molecule has 0 aromatic carbocycles. The summed E-state index contributed by atoms with van der Waals surface area (Å²) in [5.74, 6) is -4.79. The van der Waals surface area contributed by atoms with Crippen molar-refractivity contribution in [1.82, 2.24) is 15.5 Å². The molecule has 1 fully saturated rings. The highest BCUT2D eigenvalue weighted by Gasteiger charge is 2.36. The number of aliphatic carboxylic acids is 2. The number of nitrogens with one attached hydrogen (secondary N) is 2. The summed E-state index contributed by atoms with van der Waals surface area (Å²) in [6, 6.07) is -3.75. The van der Waals surface area contributed by atoms with Crippen LogP contribution < -0.4 is 16.4 Å². The number of amides is 3. The third kappa shape index (κ3) is 6.49. The topological polar surface area (TPSA) is 199 Å². The second-order valence-corrected chi connectivity index (χ2v) is 6.23. The summed E-state index contributed by atoms with van der Waals surface area (Å²) in [5, 5.41) is 31.4. The molecule has 27 heavy (non-hydrogen) atoms. The van der Waals surface area contributed by atoms with E-state index in [2.05, 4.69) is 10.6 Å². The Labute approximate surface area is 154 Å². The first-order chi connectivity index (χ1) is 12.5. The van der Waals surface area contributed by atoms with Crippen LogP contribution in [-0.4, -0.2) is 87.2 Å². The second-order valence-electron chi connectivity index (χ2n) is 6.23. The number of aliphatic hydroxyl groups is 1. The summed E-state index contributed by atoms with van der Waals surface area (Å²) in [7, 11) is 0. The normalized spacial score (nSPS) is 19.7. The zero-order valence-electron chi connectivity index (χ0n) is 14.8. The van der Waals surface area contributed by atoms with E-state index in [9.17, 15) is 29.1 Å². The lowest BCUT2D eigenvalue weighted by Crippen LogP contribution is -2.55. The molecule has 12 heteroatoms. The average molecular weight is 388 g/mol. The quantitative estimate of drug-likeness (QED) is 0.236. The first-order valence-corrected chi connectivity index (χ1v) is 8.30. The van der Waals surface area contributed by atoms with Gasteiger partial charge in [-0.05, 0) is 19.8 Å². The Bertz CT molecular complexity index is 609. The third-order valence-corrected chi connectivity index (χ3v) is 4.07. The third-order valence-electron chi connectivity index (χ3n) is 4.07. The number of aliphatic hydroxyl groups excluding tert-OH is 1. The summed E-state index contributed by atoms with van der Waals surface area (Å²) in [6.45, 7) is 0.974. The predicted octanol–water partition coefficient (Wildman–Crippen LogP) is -3.15. The van der Waals surface area contributed by atoms with Crippen molar-refractivity contribution in [3.05, 3.63) is 0 Å². The van der Waals surface area contributed by atoms with Crippen LogP contribution in [0, 0.1) is 0 Å². The number of likely N-dealkylation sites (tertiary alicyclic amines) is 1. The standard InChI is InChI=1S/C15H24N4O8/c1-7(20)12(15(26)27)18-14(25)9-3-2-4-19(9)10(21)6-17-13(24)8(16)5-11(22)23/h7-9,12,20H,2-6,16H2,1H3,(H,17,24)(H,18,25)(H,22,23)(H,26,27). The molecule has 4 unspecified atom stereocenters. The van der Waals surface area contributed by atoms with E-state index in [1.165, 1.54) is 11.8 Å². The molecule has 1 rings (SSSR count). The maximum absolute atomic E-state index is 12.3. The Morgan fingerprint density at radius 3 is 2.37 bits per heavy atom. The van der Waals surface area contributed by atoms with Gasteiger partial charge >= 0.3 is 11.9 Å². The molecule has 0 radical (unpaired) electrons. The summed E-state index contributed by atoms with van der Waals surface area (Å²) in [5.41, 5.74) is 5.38. The maximum Gasteiger partial charge on any atom is 0.328 e. The number of nitrogens with two attached hydrogens (primary N) is 1. The van der Waals surface area contributed by atoms with Gasteiger partial charge in [-0.3, -0.25) is 19.2 Å². The van der Waals surface area contributed by atoms with E-state index >= 15 is 0 Å². The number of carboxylic acids is 2. The Kier molecular flexibility index (Phi) is 8.12. The molecule has 0 aliphatic carbocycles. The van der Waals surface area contributed by atoms with Gasteiger partial charge in [0.2, 0.25) is 17.7 Å². The molecule has 7 N–H and O–H groups in total. The molecule has 1 heterocycles. The molecule has 12 nitrogen and oxygen atoms in total. The Morgan fingerprint density at radius 2 is 1.85 bits per heavy atom. The molecule has 1 saturated heterocycles. The van der Waals surface area contributed by atoms with E-state index in [0.717, 1.165) is 0 Å². The van der Waals surface area contributed by atoms with Gasteiger partial charge in [-0.1, -0.05) is 0 Å². The molecule has 0 spiro atoms. The van der Waals surface area contributed by atoms with Crippen molar-refractivity contribution in [3.63, 3.8) is 0 Å². The minimum absolute atomic E-state index is 0.236. The zero-order chi connectivity index (χ0) is 20.7. The highest BCUT2D eigenvalue weighted by atomic mass is 16.4. The van der Waals surface area contributed by atoms with E-state index in [1.54, 1.807) is 0 Å². The van der Waals surface area contributed by atoms with Crippen molar-refractivity contribution in [2.75, 3.05) is 13.1 Å². The van der Waals surface area contributed by atoms with Crippen molar-refractivity contribution in [2.24, 2.45) is 5.73 Å². The second kappa shape index (κ2) is 9.83. The van der Waals surface area contributed by atoms with E-state index in [-0.39, 0.29) is 6.54 Å². The van der Waals surface area contributed by atoms with Gasteiger partial charge in [0.15, 0.2) is 6.04 Å². The molecular formula is C15H24N4O8. The van der Waals surface area contributed by atoms with Crippen LogP contribution in [-0.2, 0) is 24.0 Å². The Balaban J connectivity index is 2.64. The van der Waals surface area contributed by atoms with E-state index in [4.69, 9.17) is 15.9 Å². The number of carboxylic acid groups (broad SMARTS) is 2. The van der Waals surface area contributed by atoms with Crippen molar-refractivity contribution >= 4 is 29.7 Å². The monoisotopic (exact) mass is 388 g/mol. The fourth-order valence-electron chi connectivity index (χ4n) is 2.65. The van der Waals surface area contributed by atoms with Crippen LogP contribution >= 0.6 is 0 Å². The molecule has 152 valence electrons. The molecular weight excluding hydrogens is 364 g/mol. The van der Waals surface area contributed by atoms with Gasteiger partial charge in [-0.15, -0.1) is 0 Å². The Morgan fingerprint density at radius 1 is 1.22 bits per heavy atom. The predicted molar refractivity (Wildman–Crippen MR) is 89.2 cm³/mol. The highest BCUT2D eigenvalue weighted by molar-refractivity contribution is 5.93. The van der Waals surface area contributed by atoms with Crippen molar-refractivity contribution in [3.8, 4) is 0 Å². The van der Waals surface area contributed by atoms with Gasteiger partial charge < -0.3 is 36.6 Å². The van der Waals surface area contributed by atoms with Gasteiger partial charge in [0, 0.05) is 6.54 Å². The van der Waals surface area contributed by atoms with Gasteiger partial charge in [-0.25, -0.2) is 4.79 Å². The molecule has 3 amide bonds. The molecule has 4 atom stereocenters. The fourth-order valence-corrected chi connectivity index (χ4v) is 2.65. The number of hydrogen-bond acceptors (Lipinski definition) is 7. The van der Waals surface area contributed by atoms with Crippen LogP contribution in [0.2, 0.25) is 0 Å². The van der Waals surface area contributed by atoms with E-state index < -0.39 is 66.9 Å². The van der Waals surface area contributed by atoms with Crippen LogP contribution in [0.4, 0.5) is 0 Å². The minimum Gasteiger partial charge on any atom is -0.481 e. The van der Waals surface area contributed by atoms with Gasteiger partial charge in [0.25, 0.3) is 0 Å². The Hall–Kier alpha value is -2.73. The largest absolute Gasteiger partial charge is 0.481 e. The van der Waals surface area contributed by atoms with E-state index in [1.807, 2.05) is 0 Å². The van der Waals surface area contributed by atoms with Crippen LogP contribution in [0.3, 0.4) is 0 Å². The summed E-state index contributed by atoms with van der Waals surface area (Å²) >= 11 is 0. The molecule has 0 aromatic heterocycles. The highest BCUT2D eigenvalue weighted by Crippen LogP contribution is 2.17. The van der Waals surface area contributed by atoms with Crippen molar-refractivity contribution in [1.29, 1.82) is 0 Å². The summed E-state index contributed by atoms with van der Waals surface area (Å²) < 4.78 is 0. The molecule has 0 saturated carbocycles. The zero-order valence-corrected chi connectivity index (χ0v) is 14.8.